The van der Waals surface area contributed by atoms with Crippen molar-refractivity contribution in [3.05, 3.63) is 30.1 Å². The number of hydrogen-bond acceptors (Lipinski definition) is 2. The van der Waals surface area contributed by atoms with Crippen LogP contribution in [0.15, 0.2) is 24.5 Å². The van der Waals surface area contributed by atoms with Crippen molar-refractivity contribution < 1.29 is 4.39 Å². The molecule has 2 rings (SSSR count). The van der Waals surface area contributed by atoms with Gasteiger partial charge in [0.2, 0.25) is 0 Å². The summed E-state index contributed by atoms with van der Waals surface area (Å²) >= 11 is 0. The minimum atomic E-state index is -0.660. The molecule has 76 valence electrons. The van der Waals surface area contributed by atoms with Crippen LogP contribution in [-0.2, 0) is 6.54 Å². The van der Waals surface area contributed by atoms with Crippen molar-refractivity contribution in [2.75, 3.05) is 0 Å². The number of nitrogens with zero attached hydrogens (tertiary/aromatic N) is 1. The highest BCUT2D eigenvalue weighted by Gasteiger charge is 2.25. The van der Waals surface area contributed by atoms with E-state index in [1.807, 2.05) is 18.3 Å². The number of halogens is 1. The summed E-state index contributed by atoms with van der Waals surface area (Å²) < 4.78 is 13.2. The third-order valence-corrected chi connectivity index (χ3v) is 2.72. The first-order chi connectivity index (χ1) is 6.86. The van der Waals surface area contributed by atoms with Crippen molar-refractivity contribution >= 4 is 0 Å². The van der Waals surface area contributed by atoms with Crippen LogP contribution in [0.5, 0.6) is 0 Å². The molecule has 0 aromatic carbocycles. The van der Waals surface area contributed by atoms with Crippen LogP contribution in [0.4, 0.5) is 4.39 Å². The van der Waals surface area contributed by atoms with Crippen molar-refractivity contribution in [2.45, 2.75) is 38.0 Å². The number of alkyl halides is 1. The minimum absolute atomic E-state index is 0.0511. The van der Waals surface area contributed by atoms with Gasteiger partial charge in [-0.15, -0.1) is 0 Å². The first-order valence-corrected chi connectivity index (χ1v) is 5.12. The maximum absolute atomic E-state index is 13.2. The van der Waals surface area contributed by atoms with Gasteiger partial charge in [0, 0.05) is 25.0 Å². The lowest BCUT2D eigenvalue weighted by Gasteiger charge is -2.14. The third-order valence-electron chi connectivity index (χ3n) is 2.72. The van der Waals surface area contributed by atoms with Crippen molar-refractivity contribution in [2.24, 2.45) is 0 Å². The van der Waals surface area contributed by atoms with E-state index < -0.39 is 6.17 Å². The Morgan fingerprint density at radius 1 is 1.50 bits per heavy atom. The Bertz CT molecular complexity index is 276. The first kappa shape index (κ1) is 9.59. The molecular weight excluding hydrogens is 179 g/mol. The second-order valence-corrected chi connectivity index (χ2v) is 3.80. The van der Waals surface area contributed by atoms with Gasteiger partial charge in [0.15, 0.2) is 0 Å². The predicted molar refractivity (Wildman–Crippen MR) is 53.6 cm³/mol. The fraction of sp³-hybridized carbons (Fsp3) is 0.545. The first-order valence-electron chi connectivity index (χ1n) is 5.12. The normalized spacial score (nSPS) is 26.6. The Morgan fingerprint density at radius 3 is 3.07 bits per heavy atom. The van der Waals surface area contributed by atoms with E-state index in [-0.39, 0.29) is 6.04 Å². The molecule has 0 bridgehead atoms. The molecular formula is C11H15FN2. The molecule has 0 amide bonds. The molecule has 1 aromatic heterocycles. The maximum Gasteiger partial charge on any atom is 0.115 e. The van der Waals surface area contributed by atoms with E-state index in [0.29, 0.717) is 6.42 Å². The summed E-state index contributed by atoms with van der Waals surface area (Å²) in [6.45, 7) is 0.721. The smallest absolute Gasteiger partial charge is 0.115 e. The molecule has 3 heteroatoms. The number of rotatable bonds is 3. The van der Waals surface area contributed by atoms with E-state index in [0.717, 1.165) is 24.9 Å². The van der Waals surface area contributed by atoms with Crippen LogP contribution in [0.1, 0.15) is 24.8 Å². The summed E-state index contributed by atoms with van der Waals surface area (Å²) in [6, 6.07) is 3.95. The van der Waals surface area contributed by atoms with Gasteiger partial charge in [-0.25, -0.2) is 4.39 Å². The summed E-state index contributed by atoms with van der Waals surface area (Å²) in [5.41, 5.74) is 1.12. The summed E-state index contributed by atoms with van der Waals surface area (Å²) in [5.74, 6) is 0. The van der Waals surface area contributed by atoms with Gasteiger partial charge in [0.1, 0.15) is 6.17 Å². The molecule has 2 atom stereocenters. The Hall–Kier alpha value is -0.960. The molecule has 0 spiro atoms. The third kappa shape index (κ3) is 2.29. The van der Waals surface area contributed by atoms with Crippen LogP contribution in [0, 0.1) is 0 Å². The average Bonchev–Trinajstić information content (AvgIpc) is 2.63. The van der Waals surface area contributed by atoms with Gasteiger partial charge < -0.3 is 5.32 Å². The molecule has 1 aliphatic carbocycles. The van der Waals surface area contributed by atoms with E-state index >= 15 is 0 Å². The van der Waals surface area contributed by atoms with E-state index in [1.54, 1.807) is 6.20 Å². The summed E-state index contributed by atoms with van der Waals surface area (Å²) in [5, 5.41) is 3.23. The predicted octanol–water partition coefficient (Wildman–Crippen LogP) is 2.06. The van der Waals surface area contributed by atoms with Gasteiger partial charge in [-0.2, -0.15) is 0 Å². The molecule has 14 heavy (non-hydrogen) atoms. The standard InChI is InChI=1S/C11H15FN2/c12-10-4-1-5-11(10)14-8-9-3-2-6-13-7-9/h2-3,6-7,10-11,14H,1,4-5,8H2/t10-,11+/m0/s1. The van der Waals surface area contributed by atoms with Crippen LogP contribution in [0.2, 0.25) is 0 Å². The minimum Gasteiger partial charge on any atom is -0.307 e. The zero-order chi connectivity index (χ0) is 9.80. The molecule has 1 aliphatic rings. The van der Waals surface area contributed by atoms with Crippen LogP contribution in [0.25, 0.3) is 0 Å². The second kappa shape index (κ2) is 4.51. The number of hydrogen-bond donors (Lipinski definition) is 1. The largest absolute Gasteiger partial charge is 0.307 e. The number of nitrogens with one attached hydrogen (secondary N) is 1. The summed E-state index contributed by atoms with van der Waals surface area (Å²) in [7, 11) is 0. The fourth-order valence-electron chi connectivity index (χ4n) is 1.90. The quantitative estimate of drug-likeness (QED) is 0.796. The van der Waals surface area contributed by atoms with E-state index in [1.165, 1.54) is 0 Å². The lowest BCUT2D eigenvalue weighted by Crippen LogP contribution is -2.32. The second-order valence-electron chi connectivity index (χ2n) is 3.80. The zero-order valence-corrected chi connectivity index (χ0v) is 8.12. The van der Waals surface area contributed by atoms with Crippen molar-refractivity contribution in [1.82, 2.24) is 10.3 Å². The van der Waals surface area contributed by atoms with Crippen LogP contribution in [0.3, 0.4) is 0 Å². The zero-order valence-electron chi connectivity index (χ0n) is 8.12. The average molecular weight is 194 g/mol. The summed E-state index contributed by atoms with van der Waals surface area (Å²) in [4.78, 5) is 4.02. The Kier molecular flexibility index (Phi) is 3.09. The van der Waals surface area contributed by atoms with Crippen LogP contribution < -0.4 is 5.32 Å². The highest BCUT2D eigenvalue weighted by atomic mass is 19.1. The molecule has 2 nitrogen and oxygen atoms in total. The van der Waals surface area contributed by atoms with E-state index in [9.17, 15) is 4.39 Å². The summed E-state index contributed by atoms with van der Waals surface area (Å²) in [6.07, 6.45) is 5.58. The number of pyridine rings is 1. The van der Waals surface area contributed by atoms with E-state index in [4.69, 9.17) is 0 Å². The molecule has 1 N–H and O–H groups in total. The van der Waals surface area contributed by atoms with Gasteiger partial charge in [-0.1, -0.05) is 6.07 Å². The lowest BCUT2D eigenvalue weighted by molar-refractivity contribution is 0.279. The van der Waals surface area contributed by atoms with Crippen molar-refractivity contribution in [1.29, 1.82) is 0 Å². The van der Waals surface area contributed by atoms with Gasteiger partial charge in [-0.3, -0.25) is 4.98 Å². The number of aromatic nitrogens is 1. The molecule has 1 heterocycles. The Labute approximate surface area is 83.6 Å². The molecule has 0 unspecified atom stereocenters. The SMILES string of the molecule is F[C@H]1CCC[C@H]1NCc1cccnc1. The van der Waals surface area contributed by atoms with Gasteiger partial charge in [0.05, 0.1) is 0 Å². The van der Waals surface area contributed by atoms with Gasteiger partial charge >= 0.3 is 0 Å². The lowest BCUT2D eigenvalue weighted by atomic mass is 10.2. The highest BCUT2D eigenvalue weighted by molar-refractivity contribution is 5.08. The van der Waals surface area contributed by atoms with E-state index in [2.05, 4.69) is 10.3 Å². The maximum atomic E-state index is 13.2. The van der Waals surface area contributed by atoms with Crippen molar-refractivity contribution in [3.8, 4) is 0 Å². The molecule has 0 saturated heterocycles. The molecule has 1 saturated carbocycles. The van der Waals surface area contributed by atoms with Crippen LogP contribution in [-0.4, -0.2) is 17.2 Å². The van der Waals surface area contributed by atoms with Crippen LogP contribution >= 0.6 is 0 Å². The monoisotopic (exact) mass is 194 g/mol. The van der Waals surface area contributed by atoms with Gasteiger partial charge in [0.25, 0.3) is 0 Å². The fourth-order valence-corrected chi connectivity index (χ4v) is 1.90. The Morgan fingerprint density at radius 2 is 2.43 bits per heavy atom. The molecule has 0 aliphatic heterocycles. The topological polar surface area (TPSA) is 24.9 Å². The Balaban J connectivity index is 1.82. The molecule has 1 aromatic rings. The highest BCUT2D eigenvalue weighted by Crippen LogP contribution is 2.22. The van der Waals surface area contributed by atoms with Crippen molar-refractivity contribution in [3.63, 3.8) is 0 Å². The van der Waals surface area contributed by atoms with Gasteiger partial charge in [-0.05, 0) is 30.9 Å². The molecule has 1 fully saturated rings. The molecule has 0 radical (unpaired) electrons.